The Bertz CT molecular complexity index is 1130. The first kappa shape index (κ1) is 21.0. The predicted octanol–water partition coefficient (Wildman–Crippen LogP) is 4.23. The highest BCUT2D eigenvalue weighted by molar-refractivity contribution is 9.10. The third-order valence-electron chi connectivity index (χ3n) is 6.81. The quantitative estimate of drug-likeness (QED) is 0.467. The number of nitrogens with zero attached hydrogens (tertiary/aromatic N) is 2. The molecule has 0 aromatic heterocycles. The van der Waals surface area contributed by atoms with Gasteiger partial charge in [0.15, 0.2) is 0 Å². The van der Waals surface area contributed by atoms with Crippen molar-refractivity contribution in [2.75, 3.05) is 18.1 Å². The summed E-state index contributed by atoms with van der Waals surface area (Å²) in [7, 11) is 0. The van der Waals surface area contributed by atoms with Crippen LogP contribution in [0, 0.1) is 18.8 Å². The van der Waals surface area contributed by atoms with Crippen molar-refractivity contribution < 1.29 is 23.9 Å². The molecule has 0 radical (unpaired) electrons. The number of hydrogen-bond acceptors (Lipinski definition) is 5. The third-order valence-corrected chi connectivity index (χ3v) is 7.30. The fraction of sp³-hybridized carbons (Fsp3) is 0.375. The zero-order valence-corrected chi connectivity index (χ0v) is 19.6. The van der Waals surface area contributed by atoms with E-state index in [4.69, 9.17) is 9.47 Å². The summed E-state index contributed by atoms with van der Waals surface area (Å²) in [6.07, 6.45) is 0. The normalized spacial score (nSPS) is 28.2. The number of rotatable bonds is 3. The monoisotopic (exact) mass is 498 g/mol. The number of carbonyl (C=O) groups excluding carboxylic acids is 3. The van der Waals surface area contributed by atoms with Crippen molar-refractivity contribution in [3.8, 4) is 5.75 Å². The Kier molecular flexibility index (Phi) is 4.81. The van der Waals surface area contributed by atoms with Crippen LogP contribution in [0.25, 0.3) is 0 Å². The summed E-state index contributed by atoms with van der Waals surface area (Å²) in [5.41, 5.74) is 0.909. The van der Waals surface area contributed by atoms with E-state index in [0.29, 0.717) is 11.4 Å². The van der Waals surface area contributed by atoms with Gasteiger partial charge in [0.1, 0.15) is 11.3 Å². The maximum absolute atomic E-state index is 13.9. The van der Waals surface area contributed by atoms with Crippen LogP contribution in [0.4, 0.5) is 10.5 Å². The van der Waals surface area contributed by atoms with E-state index in [1.165, 1.54) is 4.90 Å². The lowest BCUT2D eigenvalue weighted by atomic mass is 9.77. The molecule has 8 heteroatoms. The number of benzene rings is 2. The van der Waals surface area contributed by atoms with E-state index in [9.17, 15) is 14.4 Å². The molecule has 32 heavy (non-hydrogen) atoms. The molecule has 2 fully saturated rings. The highest BCUT2D eigenvalue weighted by Gasteiger charge is 2.72. The van der Waals surface area contributed by atoms with Crippen molar-refractivity contribution in [3.63, 3.8) is 0 Å². The van der Waals surface area contributed by atoms with Gasteiger partial charge in [-0.15, -0.1) is 0 Å². The van der Waals surface area contributed by atoms with E-state index in [-0.39, 0.29) is 13.2 Å². The van der Waals surface area contributed by atoms with Crippen LogP contribution in [-0.4, -0.2) is 41.6 Å². The molecule has 3 aliphatic heterocycles. The highest BCUT2D eigenvalue weighted by Crippen LogP contribution is 2.58. The lowest BCUT2D eigenvalue weighted by Crippen LogP contribution is -2.51. The first-order chi connectivity index (χ1) is 15.3. The standard InChI is InChI=1S/C24H23BrN2O5/c1-4-31-21(28)19-17-12-32-18-10-7-14(25)11-16(18)20(17)27-23(30)26(22(29)24(19,27)3)15-8-5-13(2)6-9-15/h5-11,17,19-20H,4,12H2,1-3H3/t17-,19+,20+,24-/m1/s1. The summed E-state index contributed by atoms with van der Waals surface area (Å²) in [6.45, 7) is 5.76. The number of imide groups is 1. The van der Waals surface area contributed by atoms with Crippen molar-refractivity contribution in [1.82, 2.24) is 4.90 Å². The van der Waals surface area contributed by atoms with Crippen LogP contribution in [0.2, 0.25) is 0 Å². The number of urea groups is 1. The Morgan fingerprint density at radius 2 is 1.94 bits per heavy atom. The number of anilines is 1. The first-order valence-electron chi connectivity index (χ1n) is 10.6. The zero-order chi connectivity index (χ0) is 22.8. The molecule has 166 valence electrons. The maximum Gasteiger partial charge on any atom is 0.332 e. The molecule has 0 aliphatic carbocycles. The van der Waals surface area contributed by atoms with Gasteiger partial charge in [0.2, 0.25) is 0 Å². The summed E-state index contributed by atoms with van der Waals surface area (Å²) < 4.78 is 12.2. The summed E-state index contributed by atoms with van der Waals surface area (Å²) in [5.74, 6) is -1.49. The molecule has 2 aromatic rings. The van der Waals surface area contributed by atoms with Gasteiger partial charge in [-0.2, -0.15) is 0 Å². The number of halogens is 1. The van der Waals surface area contributed by atoms with Crippen molar-refractivity contribution in [1.29, 1.82) is 0 Å². The van der Waals surface area contributed by atoms with Gasteiger partial charge >= 0.3 is 12.0 Å². The Labute approximate surface area is 194 Å². The molecule has 0 unspecified atom stereocenters. The van der Waals surface area contributed by atoms with E-state index < -0.39 is 41.3 Å². The molecule has 3 amide bonds. The lowest BCUT2D eigenvalue weighted by molar-refractivity contribution is -0.154. The van der Waals surface area contributed by atoms with Crippen LogP contribution in [0.3, 0.4) is 0 Å². The minimum absolute atomic E-state index is 0.190. The predicted molar refractivity (Wildman–Crippen MR) is 120 cm³/mol. The van der Waals surface area contributed by atoms with Gasteiger partial charge in [0.05, 0.1) is 30.9 Å². The van der Waals surface area contributed by atoms with Crippen molar-refractivity contribution in [3.05, 3.63) is 58.1 Å². The largest absolute Gasteiger partial charge is 0.493 e. The number of hydrogen-bond donors (Lipinski definition) is 0. The molecule has 0 saturated carbocycles. The van der Waals surface area contributed by atoms with Gasteiger partial charge in [-0.1, -0.05) is 33.6 Å². The molecule has 3 aliphatic rings. The Morgan fingerprint density at radius 1 is 1.22 bits per heavy atom. The van der Waals surface area contributed by atoms with E-state index in [1.54, 1.807) is 30.9 Å². The SMILES string of the molecule is CCOC(=O)[C@@H]1[C@H]2COc3ccc(Br)cc3[C@@H]2N2C(=O)N(c3ccc(C)cc3)C(=O)[C@@]12C. The number of ether oxygens (including phenoxy) is 2. The van der Waals surface area contributed by atoms with Crippen molar-refractivity contribution in [2.45, 2.75) is 32.4 Å². The minimum Gasteiger partial charge on any atom is -0.493 e. The molecule has 0 N–H and O–H groups in total. The van der Waals surface area contributed by atoms with Gasteiger partial charge in [-0.3, -0.25) is 9.59 Å². The van der Waals surface area contributed by atoms with Crippen LogP contribution in [0.1, 0.15) is 31.0 Å². The van der Waals surface area contributed by atoms with E-state index in [0.717, 1.165) is 15.6 Å². The van der Waals surface area contributed by atoms with Crippen LogP contribution in [0.5, 0.6) is 5.75 Å². The summed E-state index contributed by atoms with van der Waals surface area (Å²) >= 11 is 3.50. The van der Waals surface area contributed by atoms with Gasteiger partial charge in [0, 0.05) is 16.0 Å². The number of carbonyl (C=O) groups is 3. The number of esters is 1. The van der Waals surface area contributed by atoms with Crippen LogP contribution >= 0.6 is 15.9 Å². The van der Waals surface area contributed by atoms with E-state index in [2.05, 4.69) is 15.9 Å². The second-order valence-corrected chi connectivity index (χ2v) is 9.52. The topological polar surface area (TPSA) is 76.2 Å². The Balaban J connectivity index is 1.69. The number of aryl methyl sites for hydroxylation is 1. The smallest absolute Gasteiger partial charge is 0.332 e. The van der Waals surface area contributed by atoms with Crippen LogP contribution in [-0.2, 0) is 14.3 Å². The third kappa shape index (κ3) is 2.75. The minimum atomic E-state index is -1.38. The lowest BCUT2D eigenvalue weighted by Gasteiger charge is -2.34. The Morgan fingerprint density at radius 3 is 2.62 bits per heavy atom. The number of amides is 3. The average Bonchev–Trinajstić information content (AvgIpc) is 3.14. The fourth-order valence-corrected chi connectivity index (χ4v) is 5.77. The fourth-order valence-electron chi connectivity index (χ4n) is 5.39. The van der Waals surface area contributed by atoms with Gasteiger partial charge < -0.3 is 14.4 Å². The molecule has 0 spiro atoms. The van der Waals surface area contributed by atoms with Gasteiger partial charge in [-0.05, 0) is 51.1 Å². The maximum atomic E-state index is 13.9. The van der Waals surface area contributed by atoms with Crippen molar-refractivity contribution in [2.24, 2.45) is 11.8 Å². The molecular formula is C24H23BrN2O5. The first-order valence-corrected chi connectivity index (χ1v) is 11.4. The summed E-state index contributed by atoms with van der Waals surface area (Å²) in [5, 5.41) is 0. The molecular weight excluding hydrogens is 476 g/mol. The van der Waals surface area contributed by atoms with Crippen molar-refractivity contribution >= 4 is 39.5 Å². The van der Waals surface area contributed by atoms with E-state index in [1.807, 2.05) is 37.3 Å². The van der Waals surface area contributed by atoms with Crippen LogP contribution < -0.4 is 9.64 Å². The van der Waals surface area contributed by atoms with Crippen LogP contribution in [0.15, 0.2) is 46.9 Å². The highest BCUT2D eigenvalue weighted by atomic mass is 79.9. The van der Waals surface area contributed by atoms with Gasteiger partial charge in [0.25, 0.3) is 5.91 Å². The second-order valence-electron chi connectivity index (χ2n) is 8.61. The molecule has 0 bridgehead atoms. The average molecular weight is 499 g/mol. The molecule has 5 rings (SSSR count). The van der Waals surface area contributed by atoms with E-state index >= 15 is 0 Å². The van der Waals surface area contributed by atoms with Gasteiger partial charge in [-0.25, -0.2) is 9.69 Å². The molecule has 2 aromatic carbocycles. The Hall–Kier alpha value is -2.87. The summed E-state index contributed by atoms with van der Waals surface area (Å²) in [4.78, 5) is 43.6. The zero-order valence-electron chi connectivity index (χ0n) is 18.0. The summed E-state index contributed by atoms with van der Waals surface area (Å²) in [6, 6.07) is 11.9. The number of fused-ring (bicyclic) bond motifs is 5. The molecule has 4 atom stereocenters. The second kappa shape index (κ2) is 7.33. The molecule has 2 saturated heterocycles. The molecule has 3 heterocycles. The molecule has 7 nitrogen and oxygen atoms in total.